The third-order valence-corrected chi connectivity index (χ3v) is 6.86. The van der Waals surface area contributed by atoms with Crippen LogP contribution < -0.4 is 4.90 Å². The van der Waals surface area contributed by atoms with Crippen molar-refractivity contribution in [2.75, 3.05) is 4.90 Å². The molecular weight excluding hydrogens is 434 g/mol. The largest absolute Gasteiger partial charge is 0.308 e. The van der Waals surface area contributed by atoms with E-state index in [4.69, 9.17) is 0 Å². The van der Waals surface area contributed by atoms with Crippen molar-refractivity contribution in [1.29, 1.82) is 0 Å². The first-order chi connectivity index (χ1) is 14.6. The Kier molecular flexibility index (Phi) is 4.92. The first-order valence-electron chi connectivity index (χ1n) is 10.2. The van der Waals surface area contributed by atoms with Crippen molar-refractivity contribution in [1.82, 2.24) is 0 Å². The minimum atomic E-state index is 0.0299. The Balaban J connectivity index is 1.71. The van der Waals surface area contributed by atoms with Crippen molar-refractivity contribution < 1.29 is 4.79 Å². The normalized spacial score (nSPS) is 16.0. The molecule has 0 radical (unpaired) electrons. The molecule has 148 valence electrons. The lowest BCUT2D eigenvalue weighted by Gasteiger charge is -2.36. The molecule has 1 heterocycles. The lowest BCUT2D eigenvalue weighted by atomic mass is 9.81. The molecule has 1 amide bonds. The van der Waals surface area contributed by atoms with Crippen molar-refractivity contribution >= 4 is 38.3 Å². The molecule has 0 N–H and O–H groups in total. The van der Waals surface area contributed by atoms with Gasteiger partial charge >= 0.3 is 0 Å². The van der Waals surface area contributed by atoms with Gasteiger partial charge in [-0.1, -0.05) is 88.7 Å². The zero-order valence-corrected chi connectivity index (χ0v) is 18.4. The molecule has 1 unspecified atom stereocenters. The summed E-state index contributed by atoms with van der Waals surface area (Å²) >= 11 is 3.72. The van der Waals surface area contributed by atoms with Crippen LogP contribution in [0.25, 0.3) is 10.8 Å². The fourth-order valence-electron chi connectivity index (χ4n) is 4.56. The number of hydrogen-bond acceptors (Lipinski definition) is 1. The van der Waals surface area contributed by atoms with Gasteiger partial charge in [-0.3, -0.25) is 4.79 Å². The van der Waals surface area contributed by atoms with Gasteiger partial charge in [0.05, 0.1) is 6.54 Å². The highest BCUT2D eigenvalue weighted by molar-refractivity contribution is 9.10. The lowest BCUT2D eigenvalue weighted by Crippen LogP contribution is -2.36. The number of amides is 1. The summed E-state index contributed by atoms with van der Waals surface area (Å²) in [4.78, 5) is 15.4. The molecule has 0 bridgehead atoms. The highest BCUT2D eigenvalue weighted by atomic mass is 79.9. The van der Waals surface area contributed by atoms with Crippen LogP contribution >= 0.6 is 15.9 Å². The molecule has 1 aliphatic heterocycles. The summed E-state index contributed by atoms with van der Waals surface area (Å²) < 4.78 is 1.05. The second-order valence-corrected chi connectivity index (χ2v) is 8.76. The van der Waals surface area contributed by atoms with Gasteiger partial charge in [-0.15, -0.1) is 0 Å². The van der Waals surface area contributed by atoms with Gasteiger partial charge < -0.3 is 4.90 Å². The molecule has 30 heavy (non-hydrogen) atoms. The van der Waals surface area contributed by atoms with E-state index in [-0.39, 0.29) is 11.8 Å². The quantitative estimate of drug-likeness (QED) is 0.326. The lowest BCUT2D eigenvalue weighted by molar-refractivity contribution is -0.119. The molecule has 0 fully saturated rings. The molecule has 0 aromatic heterocycles. The molecule has 5 rings (SSSR count). The predicted octanol–water partition coefficient (Wildman–Crippen LogP) is 6.98. The van der Waals surface area contributed by atoms with E-state index in [1.54, 1.807) is 0 Å². The summed E-state index contributed by atoms with van der Waals surface area (Å²) in [6.45, 7) is 2.70. The Morgan fingerprint density at radius 2 is 1.63 bits per heavy atom. The number of anilines is 1. The number of nitrogens with zero attached hydrogens (tertiary/aromatic N) is 1. The second kappa shape index (κ2) is 7.73. The molecule has 4 aromatic rings. The first kappa shape index (κ1) is 19.1. The molecule has 0 aliphatic carbocycles. The molecule has 1 atom stereocenters. The maximum Gasteiger partial charge on any atom is 0.228 e. The van der Waals surface area contributed by atoms with Crippen LogP contribution in [0.15, 0.2) is 89.4 Å². The first-order valence-corrected chi connectivity index (χ1v) is 11.0. The maximum absolute atomic E-state index is 13.4. The van der Waals surface area contributed by atoms with Crippen LogP contribution in [0.2, 0.25) is 0 Å². The van der Waals surface area contributed by atoms with Gasteiger partial charge in [0.25, 0.3) is 0 Å². The van der Waals surface area contributed by atoms with Gasteiger partial charge in [0.1, 0.15) is 0 Å². The molecule has 3 heteroatoms. The summed E-state index contributed by atoms with van der Waals surface area (Å²) in [5, 5.41) is 2.43. The van der Waals surface area contributed by atoms with E-state index in [1.807, 2.05) is 23.1 Å². The van der Waals surface area contributed by atoms with E-state index < -0.39 is 0 Å². The van der Waals surface area contributed by atoms with E-state index in [1.165, 1.54) is 33.0 Å². The predicted molar refractivity (Wildman–Crippen MR) is 127 cm³/mol. The Bertz CT molecular complexity index is 1260. The van der Waals surface area contributed by atoms with Crippen molar-refractivity contribution in [3.63, 3.8) is 0 Å². The van der Waals surface area contributed by atoms with Gasteiger partial charge in [0, 0.05) is 22.5 Å². The monoisotopic (exact) mass is 455 g/mol. The standard InChI is InChI=1S/C27H22BrNO/c1-18-8-2-3-10-20(18)17-29-25-15-14-19-9-4-5-11-21(19)27(25)23(16-26(29)30)22-12-6-7-13-24(22)28/h2-15,23H,16-17H2,1H3. The van der Waals surface area contributed by atoms with Gasteiger partial charge in [-0.05, 0) is 52.1 Å². The molecule has 1 aliphatic rings. The SMILES string of the molecule is Cc1ccccc1CN1C(=O)CC(c2ccccc2Br)c2c1ccc1ccccc21. The van der Waals surface area contributed by atoms with Gasteiger partial charge in [0.2, 0.25) is 5.91 Å². The Hall–Kier alpha value is -2.91. The zero-order valence-electron chi connectivity index (χ0n) is 16.8. The van der Waals surface area contributed by atoms with E-state index >= 15 is 0 Å². The van der Waals surface area contributed by atoms with Crippen LogP contribution in [-0.2, 0) is 11.3 Å². The van der Waals surface area contributed by atoms with Crippen LogP contribution in [-0.4, -0.2) is 5.91 Å². The number of halogens is 1. The maximum atomic E-state index is 13.4. The van der Waals surface area contributed by atoms with Crippen molar-refractivity contribution in [3.8, 4) is 0 Å². The average Bonchev–Trinajstić information content (AvgIpc) is 2.77. The number of fused-ring (bicyclic) bond motifs is 3. The van der Waals surface area contributed by atoms with Crippen LogP contribution in [0.3, 0.4) is 0 Å². The van der Waals surface area contributed by atoms with Crippen LogP contribution in [0.5, 0.6) is 0 Å². The summed E-state index contributed by atoms with van der Waals surface area (Å²) in [7, 11) is 0. The number of hydrogen-bond donors (Lipinski definition) is 0. The smallest absolute Gasteiger partial charge is 0.228 e. The number of carbonyl (C=O) groups is 1. The van der Waals surface area contributed by atoms with Crippen LogP contribution in [0.1, 0.15) is 34.6 Å². The second-order valence-electron chi connectivity index (χ2n) is 7.90. The van der Waals surface area contributed by atoms with Gasteiger partial charge in [-0.25, -0.2) is 0 Å². The Labute approximate surface area is 185 Å². The third-order valence-electron chi connectivity index (χ3n) is 6.14. The average molecular weight is 456 g/mol. The highest BCUT2D eigenvalue weighted by Gasteiger charge is 2.34. The highest BCUT2D eigenvalue weighted by Crippen LogP contribution is 2.46. The van der Waals surface area contributed by atoms with Crippen molar-refractivity contribution in [3.05, 3.63) is 112 Å². The molecular formula is C27H22BrNO. The molecule has 2 nitrogen and oxygen atoms in total. The van der Waals surface area contributed by atoms with E-state index in [0.29, 0.717) is 13.0 Å². The number of rotatable bonds is 3. The van der Waals surface area contributed by atoms with E-state index in [2.05, 4.69) is 89.6 Å². The molecule has 4 aromatic carbocycles. The van der Waals surface area contributed by atoms with Gasteiger partial charge in [0.15, 0.2) is 0 Å². The zero-order chi connectivity index (χ0) is 20.7. The Morgan fingerprint density at radius 1 is 0.900 bits per heavy atom. The summed E-state index contributed by atoms with van der Waals surface area (Å²) in [5.41, 5.74) is 5.83. The van der Waals surface area contributed by atoms with Crippen molar-refractivity contribution in [2.45, 2.75) is 25.8 Å². The Morgan fingerprint density at radius 3 is 2.47 bits per heavy atom. The summed E-state index contributed by atoms with van der Waals surface area (Å²) in [6.07, 6.45) is 0.468. The molecule has 0 saturated carbocycles. The summed E-state index contributed by atoms with van der Waals surface area (Å²) in [5.74, 6) is 0.198. The van der Waals surface area contributed by atoms with E-state index in [9.17, 15) is 4.79 Å². The number of benzene rings is 4. The van der Waals surface area contributed by atoms with Crippen LogP contribution in [0, 0.1) is 6.92 Å². The number of aryl methyl sites for hydroxylation is 1. The molecule has 0 spiro atoms. The number of carbonyl (C=O) groups excluding carboxylic acids is 1. The summed E-state index contributed by atoms with van der Waals surface area (Å²) in [6, 6.07) is 29.3. The minimum Gasteiger partial charge on any atom is -0.308 e. The third kappa shape index (κ3) is 3.23. The van der Waals surface area contributed by atoms with Gasteiger partial charge in [-0.2, -0.15) is 0 Å². The fraction of sp³-hybridized carbons (Fsp3) is 0.148. The fourth-order valence-corrected chi connectivity index (χ4v) is 5.12. The molecule has 0 saturated heterocycles. The van der Waals surface area contributed by atoms with Crippen LogP contribution in [0.4, 0.5) is 5.69 Å². The van der Waals surface area contributed by atoms with E-state index in [0.717, 1.165) is 10.2 Å². The topological polar surface area (TPSA) is 20.3 Å². The minimum absolute atomic E-state index is 0.0299. The van der Waals surface area contributed by atoms with Crippen molar-refractivity contribution in [2.24, 2.45) is 0 Å².